The number of aromatic nitrogens is 3. The van der Waals surface area contributed by atoms with E-state index in [2.05, 4.69) is 20.6 Å². The molecule has 0 bridgehead atoms. The van der Waals surface area contributed by atoms with Crippen LogP contribution in [0.4, 0.5) is 14.6 Å². The van der Waals surface area contributed by atoms with Gasteiger partial charge in [-0.1, -0.05) is 24.3 Å². The van der Waals surface area contributed by atoms with Gasteiger partial charge in [0.1, 0.15) is 11.6 Å². The first kappa shape index (κ1) is 22.8. The summed E-state index contributed by atoms with van der Waals surface area (Å²) in [6.07, 6.45) is 6.52. The number of carbonyl (C=O) groups excluding carboxylic acids is 2. The average Bonchev–Trinajstić information content (AvgIpc) is 3.61. The zero-order chi connectivity index (χ0) is 26.0. The first-order valence-corrected chi connectivity index (χ1v) is 12.6. The van der Waals surface area contributed by atoms with Crippen molar-refractivity contribution in [2.45, 2.75) is 43.2 Å². The molecule has 9 heteroatoms. The Morgan fingerprint density at radius 2 is 1.92 bits per heavy atom. The first-order valence-electron chi connectivity index (χ1n) is 12.6. The number of amides is 2. The van der Waals surface area contributed by atoms with E-state index in [9.17, 15) is 18.4 Å². The summed E-state index contributed by atoms with van der Waals surface area (Å²) in [5.74, 6) is -1.15. The van der Waals surface area contributed by atoms with Gasteiger partial charge in [0.05, 0.1) is 11.5 Å². The highest BCUT2D eigenvalue weighted by Crippen LogP contribution is 2.46. The zero-order valence-electron chi connectivity index (χ0n) is 20.2. The van der Waals surface area contributed by atoms with Crippen molar-refractivity contribution in [1.82, 2.24) is 19.9 Å². The fraction of sp³-hybridized carbons (Fsp3) is 0.241. The molecule has 1 spiro atoms. The molecule has 0 fully saturated rings. The number of carbonyl (C=O) groups is 2. The monoisotopic (exact) mass is 511 g/mol. The van der Waals surface area contributed by atoms with Crippen LogP contribution in [0.15, 0.2) is 67.1 Å². The van der Waals surface area contributed by atoms with Crippen LogP contribution in [0.2, 0.25) is 0 Å². The highest BCUT2D eigenvalue weighted by Gasteiger charge is 2.51. The van der Waals surface area contributed by atoms with Crippen LogP contribution in [0.5, 0.6) is 0 Å². The van der Waals surface area contributed by atoms with E-state index in [1.165, 1.54) is 6.07 Å². The first-order chi connectivity index (χ1) is 18.4. The molecule has 2 aromatic heterocycles. The van der Waals surface area contributed by atoms with Crippen LogP contribution in [0.3, 0.4) is 0 Å². The third-order valence-corrected chi connectivity index (χ3v) is 8.17. The van der Waals surface area contributed by atoms with E-state index in [1.807, 2.05) is 28.8 Å². The van der Waals surface area contributed by atoms with E-state index >= 15 is 0 Å². The quantitative estimate of drug-likeness (QED) is 0.432. The molecule has 2 amide bonds. The highest BCUT2D eigenvalue weighted by atomic mass is 19.2. The molecule has 1 aliphatic carbocycles. The van der Waals surface area contributed by atoms with Gasteiger partial charge in [-0.2, -0.15) is 0 Å². The number of fused-ring (bicyclic) bond motifs is 4. The summed E-state index contributed by atoms with van der Waals surface area (Å²) in [5.41, 5.74) is 2.92. The van der Waals surface area contributed by atoms with E-state index in [0.717, 1.165) is 22.8 Å². The second kappa shape index (κ2) is 8.31. The molecular formula is C29H23F2N5O2. The van der Waals surface area contributed by atoms with Crippen molar-refractivity contribution in [1.29, 1.82) is 0 Å². The zero-order valence-corrected chi connectivity index (χ0v) is 20.2. The molecule has 3 atom stereocenters. The molecule has 4 heterocycles. The molecule has 38 heavy (non-hydrogen) atoms. The predicted octanol–water partition coefficient (Wildman–Crippen LogP) is 4.20. The number of benzene rings is 2. The maximum absolute atomic E-state index is 14.6. The van der Waals surface area contributed by atoms with Gasteiger partial charge in [-0.05, 0) is 60.2 Å². The molecule has 0 radical (unpaired) electrons. The molecule has 0 saturated carbocycles. The number of pyridine rings is 1. The number of hydrogen-bond acceptors (Lipinski definition) is 4. The Morgan fingerprint density at radius 3 is 2.82 bits per heavy atom. The average molecular weight is 512 g/mol. The number of halogens is 2. The number of rotatable bonds is 3. The van der Waals surface area contributed by atoms with Crippen molar-refractivity contribution in [3.05, 3.63) is 112 Å². The van der Waals surface area contributed by atoms with E-state index < -0.39 is 23.1 Å². The van der Waals surface area contributed by atoms with E-state index in [1.54, 1.807) is 30.7 Å². The molecule has 3 aliphatic rings. The Labute approximate surface area is 216 Å². The van der Waals surface area contributed by atoms with E-state index in [4.69, 9.17) is 0 Å². The van der Waals surface area contributed by atoms with Crippen LogP contribution in [0.1, 0.15) is 56.8 Å². The van der Waals surface area contributed by atoms with Gasteiger partial charge in [-0.3, -0.25) is 9.59 Å². The summed E-state index contributed by atoms with van der Waals surface area (Å²) in [7, 11) is 0. The Balaban J connectivity index is 1.15. The number of hydrogen-bond donors (Lipinski definition) is 2. The third kappa shape index (κ3) is 3.38. The molecule has 0 saturated heterocycles. The van der Waals surface area contributed by atoms with Gasteiger partial charge in [0.15, 0.2) is 11.6 Å². The molecule has 0 unspecified atom stereocenters. The highest BCUT2D eigenvalue weighted by molar-refractivity contribution is 6.06. The van der Waals surface area contributed by atoms with Gasteiger partial charge in [0.2, 0.25) is 5.91 Å². The largest absolute Gasteiger partial charge is 0.342 e. The SMILES string of the molecule is O=C(N[C@H]1C[C@@H](c2cccc(F)c2F)Cn2ccnc21)c1ccc2c(c1)C[C@@]1(C2)C(=O)Nc2ncccc21. The lowest BCUT2D eigenvalue weighted by Crippen LogP contribution is -2.35. The summed E-state index contributed by atoms with van der Waals surface area (Å²) in [6.45, 7) is 0.446. The number of anilines is 1. The minimum Gasteiger partial charge on any atom is -0.342 e. The van der Waals surface area contributed by atoms with Crippen LogP contribution < -0.4 is 10.6 Å². The normalized spacial score (nSPS) is 23.1. The van der Waals surface area contributed by atoms with Crippen LogP contribution in [0, 0.1) is 11.6 Å². The number of nitrogens with zero attached hydrogens (tertiary/aromatic N) is 3. The molecule has 2 aliphatic heterocycles. The van der Waals surface area contributed by atoms with Gasteiger partial charge in [0.25, 0.3) is 5.91 Å². The number of nitrogens with one attached hydrogen (secondary N) is 2. The van der Waals surface area contributed by atoms with Gasteiger partial charge in [-0.15, -0.1) is 0 Å². The summed E-state index contributed by atoms with van der Waals surface area (Å²) >= 11 is 0. The molecular weight excluding hydrogens is 488 g/mol. The van der Waals surface area contributed by atoms with Crippen LogP contribution >= 0.6 is 0 Å². The number of imidazole rings is 1. The summed E-state index contributed by atoms with van der Waals surface area (Å²) in [6, 6.07) is 13.0. The molecule has 190 valence electrons. The summed E-state index contributed by atoms with van der Waals surface area (Å²) < 4.78 is 30.4. The molecule has 7 rings (SSSR count). The molecule has 2 N–H and O–H groups in total. The maximum Gasteiger partial charge on any atom is 0.251 e. The fourth-order valence-electron chi connectivity index (χ4n) is 6.32. The topological polar surface area (TPSA) is 88.9 Å². The molecule has 7 nitrogen and oxygen atoms in total. The lowest BCUT2D eigenvalue weighted by Gasteiger charge is -2.31. The van der Waals surface area contributed by atoms with Crippen molar-refractivity contribution in [3.63, 3.8) is 0 Å². The third-order valence-electron chi connectivity index (χ3n) is 8.17. The Kier molecular flexibility index (Phi) is 4.98. The van der Waals surface area contributed by atoms with Gasteiger partial charge in [-0.25, -0.2) is 18.7 Å². The van der Waals surface area contributed by atoms with Crippen LogP contribution in [-0.2, 0) is 29.6 Å². The van der Waals surface area contributed by atoms with Crippen molar-refractivity contribution >= 4 is 17.6 Å². The lowest BCUT2D eigenvalue weighted by molar-refractivity contribution is -0.120. The van der Waals surface area contributed by atoms with Gasteiger partial charge in [0, 0.05) is 42.2 Å². The maximum atomic E-state index is 14.6. The standard InChI is InChI=1S/C29H23F2N5O2/c30-22-5-1-3-20(24(22)31)19-12-23(26-33-9-10-36(26)15-19)34-27(37)16-6-7-17-13-29(14-18(17)11-16)21-4-2-8-32-25(21)35-28(29)38/h1-11,19,23H,12-15H2,(H,34,37)(H,32,35,38)/t19-,23+,29-/m1/s1. The Bertz CT molecular complexity index is 1630. The van der Waals surface area contributed by atoms with Gasteiger partial charge < -0.3 is 15.2 Å². The molecule has 2 aromatic carbocycles. The minimum absolute atomic E-state index is 0.0712. The summed E-state index contributed by atoms with van der Waals surface area (Å²) in [5, 5.41) is 5.96. The molecule has 4 aromatic rings. The van der Waals surface area contributed by atoms with E-state index in [0.29, 0.717) is 43.0 Å². The van der Waals surface area contributed by atoms with E-state index in [-0.39, 0.29) is 23.3 Å². The second-order valence-corrected chi connectivity index (χ2v) is 10.3. The van der Waals surface area contributed by atoms with Crippen molar-refractivity contribution in [3.8, 4) is 0 Å². The minimum atomic E-state index is -0.884. The van der Waals surface area contributed by atoms with Gasteiger partial charge >= 0.3 is 0 Å². The van der Waals surface area contributed by atoms with Crippen molar-refractivity contribution in [2.24, 2.45) is 0 Å². The second-order valence-electron chi connectivity index (χ2n) is 10.3. The van der Waals surface area contributed by atoms with Crippen molar-refractivity contribution < 1.29 is 18.4 Å². The fourth-order valence-corrected chi connectivity index (χ4v) is 6.32. The van der Waals surface area contributed by atoms with Crippen molar-refractivity contribution in [2.75, 3.05) is 5.32 Å². The summed E-state index contributed by atoms with van der Waals surface area (Å²) in [4.78, 5) is 35.1. The Hall–Kier alpha value is -4.40. The van der Waals surface area contributed by atoms with Crippen LogP contribution in [-0.4, -0.2) is 26.3 Å². The smallest absolute Gasteiger partial charge is 0.251 e. The van der Waals surface area contributed by atoms with Crippen LogP contribution in [0.25, 0.3) is 0 Å². The predicted molar refractivity (Wildman–Crippen MR) is 135 cm³/mol. The lowest BCUT2D eigenvalue weighted by atomic mass is 9.79. The Morgan fingerprint density at radius 1 is 1.05 bits per heavy atom.